The summed E-state index contributed by atoms with van der Waals surface area (Å²) in [5.74, 6) is 3.73. The highest BCUT2D eigenvalue weighted by Crippen LogP contribution is 2.35. The van der Waals surface area contributed by atoms with Crippen molar-refractivity contribution in [1.29, 1.82) is 0 Å². The van der Waals surface area contributed by atoms with E-state index in [4.69, 9.17) is 4.74 Å². The second kappa shape index (κ2) is 6.79. The molecule has 4 heteroatoms. The molecule has 2 saturated heterocycles. The van der Waals surface area contributed by atoms with E-state index in [0.717, 1.165) is 43.5 Å². The Labute approximate surface area is 123 Å². The fraction of sp³-hybridized carbons (Fsp3) is 0.938. The maximum atomic E-state index is 5.43. The fourth-order valence-electron chi connectivity index (χ4n) is 4.10. The van der Waals surface area contributed by atoms with E-state index < -0.39 is 0 Å². The average Bonchev–Trinajstić information content (AvgIpc) is 2.92. The first-order valence-electron chi connectivity index (χ1n) is 8.40. The standard InChI is InChI=1S/C16H29N3O/c1-17-16(18-10-13-6-8-20-9-7-13)19-11-14-4-2-3-5-15(14)12-19/h13-15H,2-12H2,1H3,(H,17,18). The van der Waals surface area contributed by atoms with Crippen molar-refractivity contribution in [3.63, 3.8) is 0 Å². The SMILES string of the molecule is CN=C(NCC1CCOCC1)N1CC2CCCCC2C1. The van der Waals surface area contributed by atoms with Gasteiger partial charge in [-0.15, -0.1) is 0 Å². The first-order valence-corrected chi connectivity index (χ1v) is 8.40. The van der Waals surface area contributed by atoms with Crippen LogP contribution in [0.15, 0.2) is 4.99 Å². The summed E-state index contributed by atoms with van der Waals surface area (Å²) in [6, 6.07) is 0. The highest BCUT2D eigenvalue weighted by atomic mass is 16.5. The molecule has 0 spiro atoms. The Hall–Kier alpha value is -0.770. The lowest BCUT2D eigenvalue weighted by Crippen LogP contribution is -2.42. The van der Waals surface area contributed by atoms with Crippen LogP contribution in [-0.2, 0) is 4.74 Å². The van der Waals surface area contributed by atoms with E-state index >= 15 is 0 Å². The van der Waals surface area contributed by atoms with E-state index in [0.29, 0.717) is 0 Å². The highest BCUT2D eigenvalue weighted by molar-refractivity contribution is 5.80. The van der Waals surface area contributed by atoms with Gasteiger partial charge in [-0.3, -0.25) is 4.99 Å². The van der Waals surface area contributed by atoms with Gasteiger partial charge >= 0.3 is 0 Å². The molecule has 4 nitrogen and oxygen atoms in total. The van der Waals surface area contributed by atoms with Crippen LogP contribution in [0.1, 0.15) is 38.5 Å². The predicted molar refractivity (Wildman–Crippen MR) is 81.9 cm³/mol. The minimum atomic E-state index is 0.755. The predicted octanol–water partition coefficient (Wildman–Crippen LogP) is 2.11. The van der Waals surface area contributed by atoms with E-state index in [-0.39, 0.29) is 0 Å². The Bertz CT molecular complexity index is 325. The molecule has 3 fully saturated rings. The maximum absolute atomic E-state index is 5.43. The quantitative estimate of drug-likeness (QED) is 0.621. The van der Waals surface area contributed by atoms with Crippen LogP contribution in [0.4, 0.5) is 0 Å². The molecule has 2 atom stereocenters. The third kappa shape index (κ3) is 3.27. The second-order valence-electron chi connectivity index (χ2n) is 6.69. The molecule has 1 aliphatic carbocycles. The summed E-state index contributed by atoms with van der Waals surface area (Å²) in [6.07, 6.45) is 8.10. The summed E-state index contributed by atoms with van der Waals surface area (Å²) >= 11 is 0. The molecule has 3 rings (SSSR count). The Morgan fingerprint density at radius 2 is 1.75 bits per heavy atom. The normalized spacial score (nSPS) is 32.2. The summed E-state index contributed by atoms with van der Waals surface area (Å²) in [4.78, 5) is 7.01. The molecule has 2 heterocycles. The Morgan fingerprint density at radius 1 is 1.10 bits per heavy atom. The summed E-state index contributed by atoms with van der Waals surface area (Å²) in [5.41, 5.74) is 0. The molecule has 0 radical (unpaired) electrons. The molecule has 0 aromatic rings. The zero-order chi connectivity index (χ0) is 13.8. The molecule has 114 valence electrons. The molecule has 1 saturated carbocycles. The lowest BCUT2D eigenvalue weighted by molar-refractivity contribution is 0.0674. The monoisotopic (exact) mass is 279 g/mol. The van der Waals surface area contributed by atoms with E-state index in [1.54, 1.807) is 0 Å². The van der Waals surface area contributed by atoms with Gasteiger partial charge < -0.3 is 15.0 Å². The molecule has 0 bridgehead atoms. The Morgan fingerprint density at radius 3 is 2.35 bits per heavy atom. The smallest absolute Gasteiger partial charge is 0.193 e. The number of nitrogens with one attached hydrogen (secondary N) is 1. The lowest BCUT2D eigenvalue weighted by atomic mass is 9.82. The number of fused-ring (bicyclic) bond motifs is 1. The van der Waals surface area contributed by atoms with Gasteiger partial charge in [-0.2, -0.15) is 0 Å². The topological polar surface area (TPSA) is 36.9 Å². The lowest BCUT2D eigenvalue weighted by Gasteiger charge is -2.26. The molecule has 2 unspecified atom stereocenters. The molecular weight excluding hydrogens is 250 g/mol. The van der Waals surface area contributed by atoms with Crippen LogP contribution < -0.4 is 5.32 Å². The van der Waals surface area contributed by atoms with Crippen molar-refractivity contribution in [1.82, 2.24) is 10.2 Å². The van der Waals surface area contributed by atoms with Crippen molar-refractivity contribution in [3.05, 3.63) is 0 Å². The number of hydrogen-bond donors (Lipinski definition) is 1. The van der Waals surface area contributed by atoms with Gasteiger partial charge in [0.25, 0.3) is 0 Å². The zero-order valence-electron chi connectivity index (χ0n) is 12.8. The third-order valence-electron chi connectivity index (χ3n) is 5.38. The number of likely N-dealkylation sites (tertiary alicyclic amines) is 1. The van der Waals surface area contributed by atoms with Crippen molar-refractivity contribution < 1.29 is 4.74 Å². The van der Waals surface area contributed by atoms with Crippen molar-refractivity contribution in [2.45, 2.75) is 38.5 Å². The van der Waals surface area contributed by atoms with Gasteiger partial charge in [-0.25, -0.2) is 0 Å². The van der Waals surface area contributed by atoms with E-state index in [9.17, 15) is 0 Å². The van der Waals surface area contributed by atoms with E-state index in [1.807, 2.05) is 7.05 Å². The minimum Gasteiger partial charge on any atom is -0.381 e. The number of aliphatic imine (C=N–C) groups is 1. The zero-order valence-corrected chi connectivity index (χ0v) is 12.8. The van der Waals surface area contributed by atoms with Gasteiger partial charge in [-0.05, 0) is 43.4 Å². The van der Waals surface area contributed by atoms with Crippen LogP contribution >= 0.6 is 0 Å². The van der Waals surface area contributed by atoms with Gasteiger partial charge in [0.1, 0.15) is 0 Å². The molecule has 20 heavy (non-hydrogen) atoms. The molecule has 0 amide bonds. The number of rotatable bonds is 2. The molecule has 2 aliphatic heterocycles. The van der Waals surface area contributed by atoms with Crippen LogP contribution in [0, 0.1) is 17.8 Å². The van der Waals surface area contributed by atoms with Crippen molar-refractivity contribution in [3.8, 4) is 0 Å². The van der Waals surface area contributed by atoms with Crippen molar-refractivity contribution in [2.75, 3.05) is 39.9 Å². The maximum Gasteiger partial charge on any atom is 0.193 e. The fourth-order valence-corrected chi connectivity index (χ4v) is 4.10. The largest absolute Gasteiger partial charge is 0.381 e. The van der Waals surface area contributed by atoms with Gasteiger partial charge in [0, 0.05) is 39.9 Å². The third-order valence-corrected chi connectivity index (χ3v) is 5.38. The number of ether oxygens (including phenoxy) is 1. The van der Waals surface area contributed by atoms with Gasteiger partial charge in [0.2, 0.25) is 0 Å². The summed E-state index contributed by atoms with van der Waals surface area (Å²) in [6.45, 7) is 5.36. The van der Waals surface area contributed by atoms with Crippen molar-refractivity contribution in [2.24, 2.45) is 22.7 Å². The highest BCUT2D eigenvalue weighted by Gasteiger charge is 2.35. The summed E-state index contributed by atoms with van der Waals surface area (Å²) in [5, 5.41) is 3.61. The van der Waals surface area contributed by atoms with Crippen LogP contribution in [0.5, 0.6) is 0 Å². The molecule has 3 aliphatic rings. The Kier molecular flexibility index (Phi) is 4.81. The first kappa shape index (κ1) is 14.2. The van der Waals surface area contributed by atoms with Crippen molar-refractivity contribution >= 4 is 5.96 Å². The van der Waals surface area contributed by atoms with Crippen LogP contribution in [0.3, 0.4) is 0 Å². The van der Waals surface area contributed by atoms with Crippen LogP contribution in [0.2, 0.25) is 0 Å². The molecule has 1 N–H and O–H groups in total. The number of guanidine groups is 1. The van der Waals surface area contributed by atoms with E-state index in [1.165, 1.54) is 51.6 Å². The molecule has 0 aromatic heterocycles. The average molecular weight is 279 g/mol. The first-order chi connectivity index (χ1) is 9.86. The van der Waals surface area contributed by atoms with Gasteiger partial charge in [0.05, 0.1) is 0 Å². The van der Waals surface area contributed by atoms with Crippen LogP contribution in [-0.4, -0.2) is 50.8 Å². The molecular formula is C16H29N3O. The number of hydrogen-bond acceptors (Lipinski definition) is 2. The Balaban J connectivity index is 1.49. The van der Waals surface area contributed by atoms with Gasteiger partial charge in [0.15, 0.2) is 5.96 Å². The van der Waals surface area contributed by atoms with Gasteiger partial charge in [-0.1, -0.05) is 12.8 Å². The molecule has 0 aromatic carbocycles. The minimum absolute atomic E-state index is 0.755. The summed E-state index contributed by atoms with van der Waals surface area (Å²) < 4.78 is 5.43. The number of nitrogens with zero attached hydrogens (tertiary/aromatic N) is 2. The summed E-state index contributed by atoms with van der Waals surface area (Å²) in [7, 11) is 1.92. The van der Waals surface area contributed by atoms with Crippen LogP contribution in [0.25, 0.3) is 0 Å². The van der Waals surface area contributed by atoms with E-state index in [2.05, 4.69) is 15.2 Å². The second-order valence-corrected chi connectivity index (χ2v) is 6.69.